The number of amides is 1. The highest BCUT2D eigenvalue weighted by Gasteiger charge is 2.44. The first-order chi connectivity index (χ1) is 14.3. The topological polar surface area (TPSA) is 43.6 Å². The van der Waals surface area contributed by atoms with Crippen LogP contribution in [0.2, 0.25) is 5.02 Å². The molecule has 5 rings (SSSR count). The number of hydrogen-bond acceptors (Lipinski definition) is 2. The monoisotopic (exact) mass is 421 g/mol. The van der Waals surface area contributed by atoms with Gasteiger partial charge in [-0.2, -0.15) is 0 Å². The van der Waals surface area contributed by atoms with E-state index in [4.69, 9.17) is 21.7 Å². The highest BCUT2D eigenvalue weighted by molar-refractivity contribution is 6.31. The van der Waals surface area contributed by atoms with Crippen molar-refractivity contribution in [1.82, 2.24) is 10.2 Å². The second kappa shape index (κ2) is 6.86. The lowest BCUT2D eigenvalue weighted by atomic mass is 9.83. The minimum absolute atomic E-state index is 0.0610. The van der Waals surface area contributed by atoms with Crippen LogP contribution in [-0.4, -0.2) is 23.9 Å². The standard InChI is InChI=1S/C25H26ClN2O2/c1-24(2,3)22-21(18-9-8-17(26)14-20(18)27-22)23(29)28-12-10-25(11-13-28)19-7-5-4-6-16(19)15-30-25/h4-9,14H,10-13,15H2,1-3H3. The number of hydrogen-bond donors (Lipinski definition) is 0. The first-order valence-electron chi connectivity index (χ1n) is 10.6. The number of likely N-dealkylation sites (tertiary alicyclic amines) is 1. The lowest BCUT2D eigenvalue weighted by molar-refractivity contribution is -0.132. The van der Waals surface area contributed by atoms with Gasteiger partial charge in [-0.15, -0.1) is 0 Å². The van der Waals surface area contributed by atoms with Crippen molar-refractivity contribution in [3.05, 3.63) is 69.9 Å². The number of piperidine rings is 1. The second-order valence-corrected chi connectivity index (χ2v) is 9.92. The van der Waals surface area contributed by atoms with Crippen LogP contribution in [0.25, 0.3) is 5.57 Å². The van der Waals surface area contributed by atoms with Gasteiger partial charge in [0.2, 0.25) is 0 Å². The predicted molar refractivity (Wildman–Crippen MR) is 118 cm³/mol. The van der Waals surface area contributed by atoms with Crippen LogP contribution in [-0.2, 0) is 21.7 Å². The molecule has 2 aromatic rings. The smallest absolute Gasteiger partial charge is 0.256 e. The summed E-state index contributed by atoms with van der Waals surface area (Å²) in [7, 11) is 0. The third-order valence-electron chi connectivity index (χ3n) is 6.49. The zero-order valence-corrected chi connectivity index (χ0v) is 18.4. The molecule has 1 spiro atoms. The fourth-order valence-corrected chi connectivity index (χ4v) is 5.07. The first kappa shape index (κ1) is 19.7. The normalized spacial score (nSPS) is 19.7. The van der Waals surface area contributed by atoms with Gasteiger partial charge >= 0.3 is 0 Å². The van der Waals surface area contributed by atoms with Crippen molar-refractivity contribution in [2.75, 3.05) is 13.1 Å². The highest BCUT2D eigenvalue weighted by Crippen LogP contribution is 2.47. The van der Waals surface area contributed by atoms with Gasteiger partial charge in [-0.1, -0.05) is 62.7 Å². The summed E-state index contributed by atoms with van der Waals surface area (Å²) in [6, 6.07) is 14.1. The van der Waals surface area contributed by atoms with E-state index in [1.54, 1.807) is 0 Å². The Kier molecular flexibility index (Phi) is 4.49. The quantitative estimate of drug-likeness (QED) is 0.619. The Morgan fingerprint density at radius 3 is 2.60 bits per heavy atom. The number of benzene rings is 2. The van der Waals surface area contributed by atoms with Crippen molar-refractivity contribution in [1.29, 1.82) is 0 Å². The largest absolute Gasteiger partial charge is 0.365 e. The Morgan fingerprint density at radius 1 is 1.13 bits per heavy atom. The van der Waals surface area contributed by atoms with E-state index < -0.39 is 0 Å². The summed E-state index contributed by atoms with van der Waals surface area (Å²) in [5.74, 6) is 0.0610. The van der Waals surface area contributed by atoms with Crippen molar-refractivity contribution in [2.45, 2.75) is 45.8 Å². The summed E-state index contributed by atoms with van der Waals surface area (Å²) in [5, 5.41) is 5.44. The number of carbonyl (C=O) groups is 1. The molecular formula is C25H26ClN2O2. The molecule has 30 heavy (non-hydrogen) atoms. The molecule has 1 amide bonds. The summed E-state index contributed by atoms with van der Waals surface area (Å²) in [4.78, 5) is 15.7. The molecule has 0 aliphatic carbocycles. The molecule has 5 heteroatoms. The molecule has 155 valence electrons. The number of halogens is 1. The van der Waals surface area contributed by atoms with Crippen molar-refractivity contribution in [3.63, 3.8) is 0 Å². The molecule has 0 bridgehead atoms. The second-order valence-electron chi connectivity index (χ2n) is 9.48. The molecular weight excluding hydrogens is 396 g/mol. The van der Waals surface area contributed by atoms with Crippen LogP contribution >= 0.6 is 11.6 Å². The Bertz CT molecular complexity index is 1060. The zero-order valence-electron chi connectivity index (χ0n) is 17.7. The van der Waals surface area contributed by atoms with Gasteiger partial charge in [0, 0.05) is 29.1 Å². The maximum absolute atomic E-state index is 13.7. The molecule has 1 radical (unpaired) electrons. The molecule has 3 heterocycles. The van der Waals surface area contributed by atoms with Gasteiger partial charge in [-0.3, -0.25) is 10.1 Å². The predicted octanol–water partition coefficient (Wildman–Crippen LogP) is 5.39. The van der Waals surface area contributed by atoms with E-state index in [0.29, 0.717) is 24.7 Å². The minimum atomic E-state index is -0.250. The maximum atomic E-state index is 13.7. The van der Waals surface area contributed by atoms with E-state index in [0.717, 1.165) is 35.4 Å². The fourth-order valence-electron chi connectivity index (χ4n) is 4.90. The van der Waals surface area contributed by atoms with Crippen LogP contribution in [0.5, 0.6) is 0 Å². The van der Waals surface area contributed by atoms with Crippen molar-refractivity contribution >= 4 is 28.8 Å². The van der Waals surface area contributed by atoms with Gasteiger partial charge in [-0.25, -0.2) is 0 Å². The van der Waals surface area contributed by atoms with Crippen LogP contribution < -0.4 is 5.32 Å². The lowest BCUT2D eigenvalue weighted by Crippen LogP contribution is -2.45. The Hall–Kier alpha value is -2.30. The zero-order chi connectivity index (χ0) is 21.1. The van der Waals surface area contributed by atoms with E-state index in [-0.39, 0.29) is 16.9 Å². The van der Waals surface area contributed by atoms with E-state index in [1.165, 1.54) is 11.1 Å². The molecule has 0 N–H and O–H groups in total. The van der Waals surface area contributed by atoms with Gasteiger partial charge in [0.25, 0.3) is 5.91 Å². The van der Waals surface area contributed by atoms with Crippen molar-refractivity contribution < 1.29 is 9.53 Å². The third kappa shape index (κ3) is 3.05. The van der Waals surface area contributed by atoms with Crippen LogP contribution in [0.4, 0.5) is 5.69 Å². The number of ether oxygens (including phenoxy) is 1. The molecule has 1 fully saturated rings. The number of nitrogens with zero attached hydrogens (tertiary/aromatic N) is 2. The number of carbonyl (C=O) groups excluding carboxylic acids is 1. The molecule has 4 nitrogen and oxygen atoms in total. The summed E-state index contributed by atoms with van der Waals surface area (Å²) in [6.45, 7) is 8.31. The van der Waals surface area contributed by atoms with Crippen LogP contribution in [0.1, 0.15) is 50.3 Å². The van der Waals surface area contributed by atoms with Gasteiger partial charge < -0.3 is 9.64 Å². The van der Waals surface area contributed by atoms with Crippen LogP contribution in [0.15, 0.2) is 48.2 Å². The molecule has 0 aromatic heterocycles. The van der Waals surface area contributed by atoms with E-state index in [1.807, 2.05) is 23.1 Å². The van der Waals surface area contributed by atoms with Crippen LogP contribution in [0.3, 0.4) is 0 Å². The number of allylic oxidation sites excluding steroid dienone is 1. The molecule has 1 saturated heterocycles. The lowest BCUT2D eigenvalue weighted by Gasteiger charge is -2.39. The van der Waals surface area contributed by atoms with Gasteiger partial charge in [0.05, 0.1) is 29.2 Å². The molecule has 0 atom stereocenters. The molecule has 0 saturated carbocycles. The third-order valence-corrected chi connectivity index (χ3v) is 6.73. The van der Waals surface area contributed by atoms with Crippen LogP contribution in [0, 0.1) is 5.41 Å². The molecule has 3 aliphatic heterocycles. The van der Waals surface area contributed by atoms with Gasteiger partial charge in [0.1, 0.15) is 0 Å². The summed E-state index contributed by atoms with van der Waals surface area (Å²) in [6.07, 6.45) is 1.64. The summed E-state index contributed by atoms with van der Waals surface area (Å²) >= 11 is 6.18. The van der Waals surface area contributed by atoms with Gasteiger partial charge in [-0.05, 0) is 36.1 Å². The Balaban J connectivity index is 1.43. The number of rotatable bonds is 1. The SMILES string of the molecule is CC(C)(C)C1=C(C(=O)N2CCC3(CC2)OCc2ccccc23)c2ccc(Cl)cc2[N]1. The average Bonchev–Trinajstić information content (AvgIpc) is 3.27. The summed E-state index contributed by atoms with van der Waals surface area (Å²) < 4.78 is 6.27. The van der Waals surface area contributed by atoms with E-state index in [9.17, 15) is 4.79 Å². The average molecular weight is 422 g/mol. The fraction of sp³-hybridized carbons (Fsp3) is 0.400. The molecule has 3 aliphatic rings. The first-order valence-corrected chi connectivity index (χ1v) is 10.9. The van der Waals surface area contributed by atoms with Gasteiger partial charge in [0.15, 0.2) is 0 Å². The molecule has 0 unspecified atom stereocenters. The maximum Gasteiger partial charge on any atom is 0.256 e. The highest BCUT2D eigenvalue weighted by atomic mass is 35.5. The van der Waals surface area contributed by atoms with E-state index in [2.05, 4.69) is 45.0 Å². The summed E-state index contributed by atoms with van der Waals surface area (Å²) in [5.41, 5.74) is 5.32. The minimum Gasteiger partial charge on any atom is -0.365 e. The van der Waals surface area contributed by atoms with E-state index >= 15 is 0 Å². The number of fused-ring (bicyclic) bond motifs is 3. The molecule has 2 aromatic carbocycles. The Labute approximate surface area is 182 Å². The van der Waals surface area contributed by atoms with Crippen molar-refractivity contribution in [3.8, 4) is 0 Å². The Morgan fingerprint density at radius 2 is 1.87 bits per heavy atom. The van der Waals surface area contributed by atoms with Crippen molar-refractivity contribution in [2.24, 2.45) is 5.41 Å².